The van der Waals surface area contributed by atoms with Crippen molar-refractivity contribution in [3.05, 3.63) is 42.1 Å². The maximum absolute atomic E-state index is 12.7. The molecule has 7 nitrogen and oxygen atoms in total. The molecule has 2 aliphatic rings. The summed E-state index contributed by atoms with van der Waals surface area (Å²) in [5.74, 6) is 1.31. The maximum atomic E-state index is 12.7. The molecule has 0 amide bonds. The van der Waals surface area contributed by atoms with Gasteiger partial charge in [0.25, 0.3) is 0 Å². The molecule has 2 fully saturated rings. The third-order valence-electron chi connectivity index (χ3n) is 5.90. The van der Waals surface area contributed by atoms with Crippen LogP contribution in [-0.2, 0) is 16.0 Å². The number of rotatable bonds is 5. The van der Waals surface area contributed by atoms with E-state index in [9.17, 15) is 21.6 Å². The average molecular weight is 458 g/mol. The Bertz CT molecular complexity index is 969. The highest BCUT2D eigenvalue weighted by molar-refractivity contribution is 7.91. The summed E-state index contributed by atoms with van der Waals surface area (Å²) < 4.78 is 62.8. The largest absolute Gasteiger partial charge is 0.416 e. The van der Waals surface area contributed by atoms with Crippen molar-refractivity contribution in [2.24, 2.45) is 0 Å². The van der Waals surface area contributed by atoms with Gasteiger partial charge in [-0.25, -0.2) is 13.1 Å². The minimum atomic E-state index is -4.35. The van der Waals surface area contributed by atoms with Crippen LogP contribution in [0, 0.1) is 0 Å². The zero-order valence-corrected chi connectivity index (χ0v) is 17.9. The average Bonchev–Trinajstić information content (AvgIpc) is 3.23. The van der Waals surface area contributed by atoms with Crippen LogP contribution in [0.3, 0.4) is 0 Å². The van der Waals surface area contributed by atoms with Gasteiger partial charge in [0, 0.05) is 64.6 Å². The summed E-state index contributed by atoms with van der Waals surface area (Å²) in [6, 6.07) is 6.84. The molecule has 3 heterocycles. The molecule has 0 unspecified atom stereocenters. The van der Waals surface area contributed by atoms with E-state index in [2.05, 4.69) is 19.8 Å². The summed E-state index contributed by atoms with van der Waals surface area (Å²) in [7, 11) is -2.84. The summed E-state index contributed by atoms with van der Waals surface area (Å²) in [6.07, 6.45) is -2.59. The molecule has 0 aliphatic carbocycles. The predicted molar refractivity (Wildman–Crippen MR) is 112 cm³/mol. The highest BCUT2D eigenvalue weighted by Crippen LogP contribution is 2.29. The van der Waals surface area contributed by atoms with E-state index in [1.807, 2.05) is 6.07 Å². The van der Waals surface area contributed by atoms with Crippen LogP contribution in [0.1, 0.15) is 5.56 Å². The summed E-state index contributed by atoms with van der Waals surface area (Å²) >= 11 is 0. The molecule has 0 saturated carbocycles. The van der Waals surface area contributed by atoms with Gasteiger partial charge in [0.15, 0.2) is 15.7 Å². The van der Waals surface area contributed by atoms with Gasteiger partial charge < -0.3 is 9.80 Å². The molecule has 0 N–H and O–H groups in total. The lowest BCUT2D eigenvalue weighted by molar-refractivity contribution is -0.137. The number of alkyl halides is 3. The second-order valence-corrected chi connectivity index (χ2v) is 10.3. The molecule has 31 heavy (non-hydrogen) atoms. The predicted octanol–water partition coefficient (Wildman–Crippen LogP) is 1.74. The Morgan fingerprint density at radius 2 is 1.42 bits per heavy atom. The van der Waals surface area contributed by atoms with Crippen LogP contribution in [0.15, 0.2) is 36.5 Å². The fraction of sp³-hybridized carbons (Fsp3) is 0.550. The Hall–Kier alpha value is -2.11. The van der Waals surface area contributed by atoms with Gasteiger partial charge in [0.05, 0.1) is 22.8 Å². The second kappa shape index (κ2) is 8.79. The third kappa shape index (κ3) is 5.58. The lowest BCUT2D eigenvalue weighted by Gasteiger charge is -2.36. The standard InChI is InChI=1S/C20H26F3N5O2S/c21-20(22,23)17-1-3-18(4-2-17)28-6-5-19(24-28)27-11-9-25(10-12-27)7-8-26-13-15-31(29,30)16-14-26/h1-6H,7-16H2. The van der Waals surface area contributed by atoms with E-state index in [-0.39, 0.29) is 11.5 Å². The van der Waals surface area contributed by atoms with Gasteiger partial charge in [-0.15, -0.1) is 0 Å². The Morgan fingerprint density at radius 3 is 2.00 bits per heavy atom. The summed E-state index contributed by atoms with van der Waals surface area (Å²) in [4.78, 5) is 6.75. The minimum absolute atomic E-state index is 0.252. The van der Waals surface area contributed by atoms with Crippen LogP contribution in [-0.4, -0.2) is 91.9 Å². The Labute approximate surface area is 179 Å². The molecule has 2 saturated heterocycles. The fourth-order valence-corrected chi connectivity index (χ4v) is 5.16. The number of aromatic nitrogens is 2. The van der Waals surface area contributed by atoms with Gasteiger partial charge in [-0.2, -0.15) is 18.3 Å². The molecule has 4 rings (SSSR count). The first kappa shape index (κ1) is 22.1. The van der Waals surface area contributed by atoms with Crippen molar-refractivity contribution < 1.29 is 21.6 Å². The van der Waals surface area contributed by atoms with E-state index >= 15 is 0 Å². The number of anilines is 1. The number of benzene rings is 1. The second-order valence-electron chi connectivity index (χ2n) is 7.99. The zero-order valence-electron chi connectivity index (χ0n) is 17.1. The maximum Gasteiger partial charge on any atom is 0.416 e. The van der Waals surface area contributed by atoms with Gasteiger partial charge in [-0.3, -0.25) is 4.90 Å². The summed E-state index contributed by atoms with van der Waals surface area (Å²) in [5, 5.41) is 4.53. The smallest absolute Gasteiger partial charge is 0.353 e. The van der Waals surface area contributed by atoms with Crippen molar-refractivity contribution in [3.8, 4) is 5.69 Å². The van der Waals surface area contributed by atoms with E-state index in [0.717, 1.165) is 57.2 Å². The van der Waals surface area contributed by atoms with Gasteiger partial charge in [0.2, 0.25) is 0 Å². The van der Waals surface area contributed by atoms with E-state index in [0.29, 0.717) is 18.8 Å². The number of hydrogen-bond donors (Lipinski definition) is 0. The van der Waals surface area contributed by atoms with Crippen LogP contribution < -0.4 is 4.90 Å². The molecule has 0 bridgehead atoms. The number of hydrogen-bond acceptors (Lipinski definition) is 6. The summed E-state index contributed by atoms with van der Waals surface area (Å²) in [5.41, 5.74) is -0.0904. The molecule has 1 aromatic heterocycles. The molecule has 0 atom stereocenters. The van der Waals surface area contributed by atoms with E-state index < -0.39 is 21.6 Å². The van der Waals surface area contributed by atoms with Gasteiger partial charge in [0.1, 0.15) is 0 Å². The number of sulfone groups is 1. The van der Waals surface area contributed by atoms with Crippen LogP contribution in [0.25, 0.3) is 5.69 Å². The van der Waals surface area contributed by atoms with Crippen LogP contribution >= 0.6 is 0 Å². The van der Waals surface area contributed by atoms with Crippen molar-refractivity contribution >= 4 is 15.7 Å². The minimum Gasteiger partial charge on any atom is -0.353 e. The normalized spacial score (nSPS) is 20.8. The van der Waals surface area contributed by atoms with Crippen LogP contribution in [0.2, 0.25) is 0 Å². The van der Waals surface area contributed by atoms with Crippen molar-refractivity contribution in [1.29, 1.82) is 0 Å². The number of piperazine rings is 1. The SMILES string of the molecule is O=S1(=O)CCN(CCN2CCN(c3ccn(-c4ccc(C(F)(F)F)cc4)n3)CC2)CC1. The molecule has 0 spiro atoms. The monoisotopic (exact) mass is 457 g/mol. The summed E-state index contributed by atoms with van der Waals surface area (Å²) in [6.45, 7) is 6.43. The molecule has 170 valence electrons. The molecule has 1 aromatic carbocycles. The topological polar surface area (TPSA) is 61.7 Å². The molecule has 11 heteroatoms. The van der Waals surface area contributed by atoms with Crippen LogP contribution in [0.4, 0.5) is 19.0 Å². The Kier molecular flexibility index (Phi) is 6.27. The first-order valence-corrected chi connectivity index (χ1v) is 12.2. The molecule has 2 aromatic rings. The van der Waals surface area contributed by atoms with Crippen molar-refractivity contribution in [2.45, 2.75) is 6.18 Å². The highest BCUT2D eigenvalue weighted by Gasteiger charge is 2.30. The lowest BCUT2D eigenvalue weighted by Crippen LogP contribution is -2.50. The van der Waals surface area contributed by atoms with Crippen molar-refractivity contribution in [1.82, 2.24) is 19.6 Å². The molecule has 2 aliphatic heterocycles. The quantitative estimate of drug-likeness (QED) is 0.682. The van der Waals surface area contributed by atoms with Gasteiger partial charge in [-0.1, -0.05) is 0 Å². The molecular formula is C20H26F3N5O2S. The lowest BCUT2D eigenvalue weighted by atomic mass is 10.2. The number of nitrogens with zero attached hydrogens (tertiary/aromatic N) is 5. The fourth-order valence-electron chi connectivity index (χ4n) is 3.89. The third-order valence-corrected chi connectivity index (χ3v) is 7.51. The van der Waals surface area contributed by atoms with E-state index in [1.54, 1.807) is 10.9 Å². The molecular weight excluding hydrogens is 431 g/mol. The Morgan fingerprint density at radius 1 is 0.839 bits per heavy atom. The van der Waals surface area contributed by atoms with E-state index in [1.165, 1.54) is 12.1 Å². The van der Waals surface area contributed by atoms with E-state index in [4.69, 9.17) is 0 Å². The number of halogens is 3. The Balaban J connectivity index is 1.26. The van der Waals surface area contributed by atoms with Gasteiger partial charge in [-0.05, 0) is 24.3 Å². The zero-order chi connectivity index (χ0) is 22.1. The first-order chi connectivity index (χ1) is 14.7. The van der Waals surface area contributed by atoms with Crippen molar-refractivity contribution in [3.63, 3.8) is 0 Å². The van der Waals surface area contributed by atoms with Gasteiger partial charge >= 0.3 is 6.18 Å². The highest BCUT2D eigenvalue weighted by atomic mass is 32.2. The molecule has 0 radical (unpaired) electrons. The first-order valence-electron chi connectivity index (χ1n) is 10.3. The van der Waals surface area contributed by atoms with Crippen LogP contribution in [0.5, 0.6) is 0 Å². The van der Waals surface area contributed by atoms with Crippen molar-refractivity contribution in [2.75, 3.05) is 68.8 Å².